The normalized spacial score (nSPS) is 12.9. The third-order valence-corrected chi connectivity index (χ3v) is 6.99. The quantitative estimate of drug-likeness (QED) is 0.239. The first-order valence-corrected chi connectivity index (χ1v) is 13.7. The second-order valence-corrected chi connectivity index (χ2v) is 13.0. The fraction of sp³-hybridized carbons (Fsp3) is 0.391. The maximum absolute atomic E-state index is 11.6. The standard InChI is InChI=1S/C23H27N9O2S2/c1-22(2,3)17-15(26-27-20-16(24-7)18(35-30-20)23(4,5)6)21-25-19(29-32(21)28-17)13-10-9-11-14(12-13)31-36(8,33)34/h9-12,28,31H,1-6,8H3. The number of H-pyrrole nitrogens is 1. The van der Waals surface area contributed by atoms with Crippen LogP contribution < -0.4 is 4.72 Å². The first kappa shape index (κ1) is 25.5. The molecule has 0 amide bonds. The van der Waals surface area contributed by atoms with Gasteiger partial charge in [0.05, 0.1) is 18.5 Å². The van der Waals surface area contributed by atoms with E-state index in [9.17, 15) is 8.42 Å². The first-order valence-electron chi connectivity index (χ1n) is 11.0. The highest BCUT2D eigenvalue weighted by molar-refractivity contribution is 7.92. The molecule has 0 aliphatic heterocycles. The van der Waals surface area contributed by atoms with Crippen molar-refractivity contribution in [1.29, 1.82) is 0 Å². The van der Waals surface area contributed by atoms with Crippen LogP contribution in [0.4, 0.5) is 22.9 Å². The Morgan fingerprint density at radius 2 is 1.86 bits per heavy atom. The Morgan fingerprint density at radius 3 is 2.47 bits per heavy atom. The fourth-order valence-electron chi connectivity index (χ4n) is 3.52. The van der Waals surface area contributed by atoms with Crippen LogP contribution in [0.3, 0.4) is 0 Å². The van der Waals surface area contributed by atoms with Gasteiger partial charge in [-0.25, -0.2) is 18.2 Å². The van der Waals surface area contributed by atoms with E-state index in [1.54, 1.807) is 24.3 Å². The van der Waals surface area contributed by atoms with E-state index in [-0.39, 0.29) is 16.6 Å². The molecule has 0 aliphatic carbocycles. The maximum Gasteiger partial charge on any atom is 0.248 e. The van der Waals surface area contributed by atoms with Crippen molar-refractivity contribution in [2.24, 2.45) is 10.2 Å². The van der Waals surface area contributed by atoms with Gasteiger partial charge in [-0.1, -0.05) is 65.2 Å². The van der Waals surface area contributed by atoms with Crippen LogP contribution >= 0.6 is 11.5 Å². The van der Waals surface area contributed by atoms with Gasteiger partial charge in [0, 0.05) is 21.5 Å². The lowest BCUT2D eigenvalue weighted by molar-refractivity contribution is 0.557. The van der Waals surface area contributed by atoms with E-state index in [4.69, 9.17) is 6.57 Å². The van der Waals surface area contributed by atoms with E-state index >= 15 is 0 Å². The number of aromatic amines is 1. The van der Waals surface area contributed by atoms with Gasteiger partial charge in [-0.15, -0.1) is 15.3 Å². The highest BCUT2D eigenvalue weighted by Gasteiger charge is 2.27. The molecule has 0 saturated carbocycles. The van der Waals surface area contributed by atoms with Gasteiger partial charge >= 0.3 is 0 Å². The summed E-state index contributed by atoms with van der Waals surface area (Å²) in [6.45, 7) is 19.8. The van der Waals surface area contributed by atoms with Gasteiger partial charge in [0.1, 0.15) is 0 Å². The van der Waals surface area contributed by atoms with Crippen LogP contribution in [-0.4, -0.2) is 38.9 Å². The topological polar surface area (TPSA) is 134 Å². The van der Waals surface area contributed by atoms with Gasteiger partial charge in [-0.3, -0.25) is 9.82 Å². The number of nitrogens with one attached hydrogen (secondary N) is 2. The number of hydrogen-bond acceptors (Lipinski definition) is 8. The molecule has 0 radical (unpaired) electrons. The van der Waals surface area contributed by atoms with Crippen molar-refractivity contribution in [1.82, 2.24) is 24.2 Å². The van der Waals surface area contributed by atoms with Crippen molar-refractivity contribution < 1.29 is 8.42 Å². The predicted molar refractivity (Wildman–Crippen MR) is 141 cm³/mol. The summed E-state index contributed by atoms with van der Waals surface area (Å²) in [5.74, 6) is 0.666. The molecule has 0 bridgehead atoms. The van der Waals surface area contributed by atoms with Gasteiger partial charge in [0.15, 0.2) is 17.3 Å². The summed E-state index contributed by atoms with van der Waals surface area (Å²) in [6, 6.07) is 6.82. The Bertz CT molecular complexity index is 1620. The molecule has 0 spiro atoms. The number of nitrogens with zero attached hydrogens (tertiary/aromatic N) is 7. The molecule has 2 N–H and O–H groups in total. The zero-order valence-corrected chi connectivity index (χ0v) is 22.7. The van der Waals surface area contributed by atoms with E-state index in [2.05, 4.69) is 39.4 Å². The summed E-state index contributed by atoms with van der Waals surface area (Å²) in [5, 5.41) is 16.6. The molecule has 4 rings (SSSR count). The summed E-state index contributed by atoms with van der Waals surface area (Å²) in [6.07, 6.45) is 1.09. The van der Waals surface area contributed by atoms with Crippen LogP contribution in [0, 0.1) is 6.57 Å². The SMILES string of the molecule is [C-]#[N+]c1c(N=Nc2c(C(C)(C)C)[nH]n3nc(-c4cccc(NS(C)(=O)=O)c4)nc23)nsc1C(C)(C)C. The van der Waals surface area contributed by atoms with Crippen molar-refractivity contribution in [2.45, 2.75) is 52.4 Å². The van der Waals surface area contributed by atoms with Crippen LogP contribution in [-0.2, 0) is 20.9 Å². The van der Waals surface area contributed by atoms with E-state index < -0.39 is 10.0 Å². The summed E-state index contributed by atoms with van der Waals surface area (Å²) < 4.78 is 31.6. The predicted octanol–water partition coefficient (Wildman–Crippen LogP) is 6.11. The fourth-order valence-corrected chi connectivity index (χ4v) is 4.88. The number of rotatable bonds is 5. The Morgan fingerprint density at radius 1 is 1.14 bits per heavy atom. The molecule has 188 valence electrons. The molecule has 0 saturated heterocycles. The number of hydrogen-bond donors (Lipinski definition) is 2. The van der Waals surface area contributed by atoms with Crippen LogP contribution in [0.2, 0.25) is 0 Å². The van der Waals surface area contributed by atoms with Crippen molar-refractivity contribution in [3.8, 4) is 11.4 Å². The van der Waals surface area contributed by atoms with E-state index in [1.165, 1.54) is 16.2 Å². The first-order chi connectivity index (χ1) is 16.7. The molecular formula is C23H27N9O2S2. The highest BCUT2D eigenvalue weighted by Crippen LogP contribution is 2.43. The summed E-state index contributed by atoms with van der Waals surface area (Å²) in [7, 11) is -3.42. The smallest absolute Gasteiger partial charge is 0.248 e. The molecule has 11 nitrogen and oxygen atoms in total. The number of fused-ring (bicyclic) bond motifs is 1. The van der Waals surface area contributed by atoms with Crippen molar-refractivity contribution in [3.05, 3.63) is 46.3 Å². The average Bonchev–Trinajstić information content (AvgIpc) is 3.43. The van der Waals surface area contributed by atoms with Gasteiger partial charge in [-0.2, -0.15) is 9.00 Å². The molecule has 0 aliphatic rings. The van der Waals surface area contributed by atoms with Crippen LogP contribution in [0.25, 0.3) is 21.9 Å². The Hall–Kier alpha value is -3.63. The van der Waals surface area contributed by atoms with Crippen molar-refractivity contribution >= 4 is 50.1 Å². The lowest BCUT2D eigenvalue weighted by Gasteiger charge is -2.16. The molecule has 3 heterocycles. The zero-order chi connectivity index (χ0) is 26.5. The van der Waals surface area contributed by atoms with E-state index in [1.807, 2.05) is 41.5 Å². The molecular weight excluding hydrogens is 498 g/mol. The number of sulfonamides is 1. The molecule has 3 aromatic heterocycles. The highest BCUT2D eigenvalue weighted by atomic mass is 32.2. The molecule has 13 heteroatoms. The largest absolute Gasteiger partial charge is 0.284 e. The number of azo groups is 1. The molecule has 1 aromatic carbocycles. The zero-order valence-electron chi connectivity index (χ0n) is 21.1. The second kappa shape index (κ2) is 8.79. The molecule has 0 fully saturated rings. The van der Waals surface area contributed by atoms with Crippen molar-refractivity contribution in [3.63, 3.8) is 0 Å². The summed E-state index contributed by atoms with van der Waals surface area (Å²) in [4.78, 5) is 9.18. The third kappa shape index (κ3) is 5.14. The van der Waals surface area contributed by atoms with E-state index in [0.29, 0.717) is 34.1 Å². The van der Waals surface area contributed by atoms with Crippen LogP contribution in [0.1, 0.15) is 52.1 Å². The lowest BCUT2D eigenvalue weighted by Crippen LogP contribution is -2.12. The van der Waals surface area contributed by atoms with Gasteiger partial charge in [-0.05, 0) is 17.5 Å². The molecule has 36 heavy (non-hydrogen) atoms. The number of anilines is 1. The second-order valence-electron chi connectivity index (χ2n) is 10.5. The Kier molecular flexibility index (Phi) is 6.22. The van der Waals surface area contributed by atoms with E-state index in [0.717, 1.165) is 16.8 Å². The number of benzene rings is 1. The minimum absolute atomic E-state index is 0.231. The third-order valence-electron chi connectivity index (χ3n) is 5.14. The molecule has 0 unspecified atom stereocenters. The molecule has 4 aromatic rings. The number of aromatic nitrogens is 5. The lowest BCUT2D eigenvalue weighted by atomic mass is 9.91. The van der Waals surface area contributed by atoms with Gasteiger partial charge < -0.3 is 0 Å². The Labute approximate surface area is 213 Å². The van der Waals surface area contributed by atoms with Crippen LogP contribution in [0.15, 0.2) is 34.5 Å². The van der Waals surface area contributed by atoms with Crippen LogP contribution in [0.5, 0.6) is 0 Å². The monoisotopic (exact) mass is 525 g/mol. The minimum Gasteiger partial charge on any atom is -0.284 e. The summed E-state index contributed by atoms with van der Waals surface area (Å²) in [5.41, 5.74) is 2.61. The molecule has 0 atom stereocenters. The average molecular weight is 526 g/mol. The summed E-state index contributed by atoms with van der Waals surface area (Å²) >= 11 is 1.26. The minimum atomic E-state index is -3.42. The van der Waals surface area contributed by atoms with Crippen molar-refractivity contribution in [2.75, 3.05) is 11.0 Å². The van der Waals surface area contributed by atoms with Gasteiger partial charge in [0.25, 0.3) is 0 Å². The Balaban J connectivity index is 1.80. The van der Waals surface area contributed by atoms with Gasteiger partial charge in [0.2, 0.25) is 21.4 Å². The maximum atomic E-state index is 11.6.